The molecule has 1 atom stereocenters. The van der Waals surface area contributed by atoms with Crippen LogP contribution in [0.25, 0.3) is 0 Å². The Morgan fingerprint density at radius 1 is 1.39 bits per heavy atom. The summed E-state index contributed by atoms with van der Waals surface area (Å²) in [6, 6.07) is 0.542. The molecule has 4 nitrogen and oxygen atoms in total. The Kier molecular flexibility index (Phi) is 6.60. The molecule has 1 aliphatic rings. The van der Waals surface area contributed by atoms with Crippen LogP contribution in [-0.4, -0.2) is 56.5 Å². The Morgan fingerprint density at radius 2 is 2.11 bits per heavy atom. The minimum absolute atomic E-state index is 0.253. The molecule has 108 valence electrons. The zero-order chi connectivity index (χ0) is 13.6. The second-order valence-electron chi connectivity index (χ2n) is 5.51. The van der Waals surface area contributed by atoms with Crippen molar-refractivity contribution in [3.05, 3.63) is 0 Å². The molecule has 0 aromatic heterocycles. The van der Waals surface area contributed by atoms with Crippen LogP contribution in [0.15, 0.2) is 0 Å². The molecule has 0 aliphatic carbocycles. The van der Waals surface area contributed by atoms with Crippen molar-refractivity contribution in [1.29, 1.82) is 0 Å². The van der Waals surface area contributed by atoms with Crippen molar-refractivity contribution in [3.63, 3.8) is 0 Å². The van der Waals surface area contributed by atoms with Gasteiger partial charge in [-0.1, -0.05) is 6.92 Å². The third kappa shape index (κ3) is 5.24. The summed E-state index contributed by atoms with van der Waals surface area (Å²) in [6.07, 6.45) is 3.54. The average Bonchev–Trinajstić information content (AvgIpc) is 2.34. The highest BCUT2D eigenvalue weighted by Gasteiger charge is 2.22. The fourth-order valence-corrected chi connectivity index (χ4v) is 3.25. The number of hydrogen-bond donors (Lipinski definition) is 1. The van der Waals surface area contributed by atoms with Crippen molar-refractivity contribution < 1.29 is 8.42 Å². The van der Waals surface area contributed by atoms with E-state index >= 15 is 0 Å². The molecule has 0 saturated carbocycles. The molecule has 5 heteroatoms. The fraction of sp³-hybridized carbons (Fsp3) is 1.00. The quantitative estimate of drug-likeness (QED) is 0.761. The standard InChI is InChI=1S/C13H28N2O2S/c1-4-7-14-13-6-5-8-15(11-13)9-10-18(16,17)12(2)3/h12-14H,4-11H2,1-3H3. The summed E-state index contributed by atoms with van der Waals surface area (Å²) < 4.78 is 23.6. The lowest BCUT2D eigenvalue weighted by molar-refractivity contribution is 0.200. The SMILES string of the molecule is CCCNC1CCCN(CCS(=O)(=O)C(C)C)C1. The van der Waals surface area contributed by atoms with Gasteiger partial charge >= 0.3 is 0 Å². The van der Waals surface area contributed by atoms with Gasteiger partial charge in [0.15, 0.2) is 9.84 Å². The summed E-state index contributed by atoms with van der Waals surface area (Å²) in [4.78, 5) is 2.29. The number of rotatable bonds is 7. The van der Waals surface area contributed by atoms with Crippen LogP contribution in [0.4, 0.5) is 0 Å². The molecular formula is C13H28N2O2S. The second kappa shape index (κ2) is 7.46. The smallest absolute Gasteiger partial charge is 0.153 e. The molecule has 1 saturated heterocycles. The summed E-state index contributed by atoms with van der Waals surface area (Å²) in [7, 11) is -2.89. The van der Waals surface area contributed by atoms with E-state index in [4.69, 9.17) is 0 Å². The predicted octanol–water partition coefficient (Wildman–Crippen LogP) is 1.27. The van der Waals surface area contributed by atoms with Crippen molar-refractivity contribution in [1.82, 2.24) is 10.2 Å². The molecule has 1 rings (SSSR count). The van der Waals surface area contributed by atoms with Crippen LogP contribution in [0.5, 0.6) is 0 Å². The van der Waals surface area contributed by atoms with E-state index in [1.807, 2.05) is 0 Å². The molecule has 0 aromatic carbocycles. The van der Waals surface area contributed by atoms with E-state index < -0.39 is 9.84 Å². The molecule has 0 bridgehead atoms. The highest BCUT2D eigenvalue weighted by molar-refractivity contribution is 7.92. The fourth-order valence-electron chi connectivity index (χ4n) is 2.27. The van der Waals surface area contributed by atoms with E-state index in [9.17, 15) is 8.42 Å². The molecule has 1 N–H and O–H groups in total. The molecule has 18 heavy (non-hydrogen) atoms. The normalized spacial score (nSPS) is 22.6. The highest BCUT2D eigenvalue weighted by atomic mass is 32.2. The van der Waals surface area contributed by atoms with Crippen LogP contribution in [0.1, 0.15) is 40.0 Å². The number of piperidine rings is 1. The maximum Gasteiger partial charge on any atom is 0.153 e. The number of nitrogens with one attached hydrogen (secondary N) is 1. The van der Waals surface area contributed by atoms with Gasteiger partial charge in [-0.2, -0.15) is 0 Å². The van der Waals surface area contributed by atoms with Crippen molar-refractivity contribution >= 4 is 9.84 Å². The molecular weight excluding hydrogens is 248 g/mol. The Hall–Kier alpha value is -0.130. The maximum absolute atomic E-state index is 11.8. The minimum atomic E-state index is -2.89. The lowest BCUT2D eigenvalue weighted by atomic mass is 10.1. The Bertz CT molecular complexity index is 328. The Balaban J connectivity index is 2.34. The lowest BCUT2D eigenvalue weighted by Gasteiger charge is -2.33. The number of hydrogen-bond acceptors (Lipinski definition) is 4. The van der Waals surface area contributed by atoms with Gasteiger partial charge in [0.25, 0.3) is 0 Å². The van der Waals surface area contributed by atoms with Crippen molar-refractivity contribution in [2.45, 2.75) is 51.3 Å². The Labute approximate surface area is 112 Å². The first-order valence-electron chi connectivity index (χ1n) is 7.13. The molecule has 1 unspecified atom stereocenters. The van der Waals surface area contributed by atoms with E-state index in [2.05, 4.69) is 17.1 Å². The minimum Gasteiger partial charge on any atom is -0.313 e. The van der Waals surface area contributed by atoms with Crippen molar-refractivity contribution in [3.8, 4) is 0 Å². The summed E-state index contributed by atoms with van der Waals surface area (Å²) in [5.74, 6) is 0.297. The van der Waals surface area contributed by atoms with Gasteiger partial charge in [-0.3, -0.25) is 0 Å². The summed E-state index contributed by atoms with van der Waals surface area (Å²) >= 11 is 0. The number of likely N-dealkylation sites (tertiary alicyclic amines) is 1. The van der Waals surface area contributed by atoms with Crippen LogP contribution >= 0.6 is 0 Å². The first kappa shape index (κ1) is 15.9. The molecule has 1 heterocycles. The lowest BCUT2D eigenvalue weighted by Crippen LogP contribution is -2.47. The van der Waals surface area contributed by atoms with E-state index in [1.54, 1.807) is 13.8 Å². The molecule has 1 fully saturated rings. The number of nitrogens with zero attached hydrogens (tertiary/aromatic N) is 1. The average molecular weight is 276 g/mol. The van der Waals surface area contributed by atoms with E-state index in [0.29, 0.717) is 18.3 Å². The molecule has 1 aliphatic heterocycles. The monoisotopic (exact) mass is 276 g/mol. The largest absolute Gasteiger partial charge is 0.313 e. The zero-order valence-corrected chi connectivity index (χ0v) is 12.8. The van der Waals surface area contributed by atoms with Gasteiger partial charge in [0.2, 0.25) is 0 Å². The second-order valence-corrected chi connectivity index (χ2v) is 8.19. The van der Waals surface area contributed by atoms with E-state index in [-0.39, 0.29) is 5.25 Å². The predicted molar refractivity (Wildman–Crippen MR) is 76.7 cm³/mol. The van der Waals surface area contributed by atoms with Gasteiger partial charge in [-0.25, -0.2) is 8.42 Å². The third-order valence-corrected chi connectivity index (χ3v) is 5.79. The van der Waals surface area contributed by atoms with E-state index in [1.165, 1.54) is 12.8 Å². The van der Waals surface area contributed by atoms with Crippen molar-refractivity contribution in [2.75, 3.05) is 31.9 Å². The third-order valence-electron chi connectivity index (χ3n) is 3.60. The van der Waals surface area contributed by atoms with Gasteiger partial charge < -0.3 is 10.2 Å². The topological polar surface area (TPSA) is 49.4 Å². The van der Waals surface area contributed by atoms with Crippen LogP contribution in [0, 0.1) is 0 Å². The summed E-state index contributed by atoms with van der Waals surface area (Å²) in [6.45, 7) is 9.47. The first-order chi connectivity index (χ1) is 8.45. The van der Waals surface area contributed by atoms with Crippen LogP contribution in [-0.2, 0) is 9.84 Å². The van der Waals surface area contributed by atoms with Crippen LogP contribution < -0.4 is 5.32 Å². The molecule has 0 aromatic rings. The maximum atomic E-state index is 11.8. The highest BCUT2D eigenvalue weighted by Crippen LogP contribution is 2.11. The summed E-state index contributed by atoms with van der Waals surface area (Å²) in [5.41, 5.74) is 0. The van der Waals surface area contributed by atoms with Gasteiger partial charge in [-0.15, -0.1) is 0 Å². The molecule has 0 radical (unpaired) electrons. The number of sulfone groups is 1. The van der Waals surface area contributed by atoms with Gasteiger partial charge in [0.1, 0.15) is 0 Å². The van der Waals surface area contributed by atoms with Gasteiger partial charge in [-0.05, 0) is 46.2 Å². The Morgan fingerprint density at radius 3 is 2.72 bits per heavy atom. The zero-order valence-electron chi connectivity index (χ0n) is 12.0. The van der Waals surface area contributed by atoms with E-state index in [0.717, 1.165) is 26.1 Å². The van der Waals surface area contributed by atoms with Crippen molar-refractivity contribution in [2.24, 2.45) is 0 Å². The van der Waals surface area contributed by atoms with Crippen LogP contribution in [0.2, 0.25) is 0 Å². The molecule has 0 spiro atoms. The first-order valence-corrected chi connectivity index (χ1v) is 8.84. The molecule has 0 amide bonds. The summed E-state index contributed by atoms with van der Waals surface area (Å²) in [5, 5.41) is 3.28. The van der Waals surface area contributed by atoms with Gasteiger partial charge in [0.05, 0.1) is 11.0 Å². The van der Waals surface area contributed by atoms with Crippen LogP contribution in [0.3, 0.4) is 0 Å². The van der Waals surface area contributed by atoms with Gasteiger partial charge in [0, 0.05) is 19.1 Å².